The molecule has 1 aromatic carbocycles. The minimum atomic E-state index is -0.488. The van der Waals surface area contributed by atoms with E-state index >= 15 is 0 Å². The van der Waals surface area contributed by atoms with Crippen LogP contribution in [0.1, 0.15) is 24.2 Å². The number of nitrogens with one attached hydrogen (secondary N) is 1. The van der Waals surface area contributed by atoms with Crippen molar-refractivity contribution < 1.29 is 19.4 Å². The van der Waals surface area contributed by atoms with Gasteiger partial charge in [0.05, 0.1) is 12.6 Å². The lowest BCUT2D eigenvalue weighted by Crippen LogP contribution is -2.22. The Labute approximate surface area is 106 Å². The second-order valence-electron chi connectivity index (χ2n) is 4.42. The Morgan fingerprint density at radius 3 is 2.94 bits per heavy atom. The standard InChI is InChI=1S/C13H17NO4/c1-8-5-10(9(2)15)3-4-12(8)17-7-11-6-14-13(16)18-11/h3-5,9,11,15H,6-7H2,1-2H3,(H,14,16). The number of ether oxygens (including phenoxy) is 2. The second kappa shape index (κ2) is 5.27. The summed E-state index contributed by atoms with van der Waals surface area (Å²) < 4.78 is 10.6. The number of amides is 1. The predicted molar refractivity (Wildman–Crippen MR) is 65.6 cm³/mol. The summed E-state index contributed by atoms with van der Waals surface area (Å²) in [6.45, 7) is 4.44. The fourth-order valence-corrected chi connectivity index (χ4v) is 1.80. The molecule has 5 nitrogen and oxygen atoms in total. The van der Waals surface area contributed by atoms with Crippen LogP contribution in [0, 0.1) is 6.92 Å². The van der Waals surface area contributed by atoms with Crippen molar-refractivity contribution in [3.8, 4) is 5.75 Å². The topological polar surface area (TPSA) is 67.8 Å². The Hall–Kier alpha value is -1.75. The maximum atomic E-state index is 10.8. The van der Waals surface area contributed by atoms with Gasteiger partial charge in [-0.15, -0.1) is 0 Å². The van der Waals surface area contributed by atoms with Crippen molar-refractivity contribution in [2.75, 3.05) is 13.2 Å². The molecular formula is C13H17NO4. The maximum Gasteiger partial charge on any atom is 0.407 e. The van der Waals surface area contributed by atoms with Gasteiger partial charge < -0.3 is 19.9 Å². The SMILES string of the molecule is Cc1cc(C(C)O)ccc1OCC1CNC(=O)O1. The largest absolute Gasteiger partial charge is 0.489 e. The highest BCUT2D eigenvalue weighted by molar-refractivity contribution is 5.69. The van der Waals surface area contributed by atoms with E-state index in [1.54, 1.807) is 6.92 Å². The van der Waals surface area contributed by atoms with Gasteiger partial charge in [0.2, 0.25) is 0 Å². The highest BCUT2D eigenvalue weighted by atomic mass is 16.6. The van der Waals surface area contributed by atoms with Crippen molar-refractivity contribution in [3.63, 3.8) is 0 Å². The van der Waals surface area contributed by atoms with E-state index in [4.69, 9.17) is 9.47 Å². The molecule has 2 rings (SSSR count). The summed E-state index contributed by atoms with van der Waals surface area (Å²) in [7, 11) is 0. The first-order chi connectivity index (χ1) is 8.56. The van der Waals surface area contributed by atoms with Crippen LogP contribution in [0.3, 0.4) is 0 Å². The lowest BCUT2D eigenvalue weighted by molar-refractivity contribution is 0.104. The summed E-state index contributed by atoms with van der Waals surface area (Å²) in [6.07, 6.45) is -1.13. The van der Waals surface area contributed by atoms with E-state index in [-0.39, 0.29) is 6.10 Å². The molecule has 18 heavy (non-hydrogen) atoms. The quantitative estimate of drug-likeness (QED) is 0.851. The van der Waals surface area contributed by atoms with E-state index in [9.17, 15) is 9.90 Å². The van der Waals surface area contributed by atoms with Crippen molar-refractivity contribution in [1.29, 1.82) is 0 Å². The number of carbonyl (C=O) groups is 1. The minimum Gasteiger partial charge on any atom is -0.489 e. The summed E-state index contributed by atoms with van der Waals surface area (Å²) in [5.41, 5.74) is 1.81. The van der Waals surface area contributed by atoms with E-state index in [2.05, 4.69) is 5.32 Å². The summed E-state index contributed by atoms with van der Waals surface area (Å²) in [4.78, 5) is 10.8. The number of aryl methyl sites for hydroxylation is 1. The summed E-state index contributed by atoms with van der Waals surface area (Å²) in [5.74, 6) is 0.738. The molecule has 0 aliphatic carbocycles. The number of rotatable bonds is 4. The van der Waals surface area contributed by atoms with Crippen LogP contribution in [-0.4, -0.2) is 30.5 Å². The summed E-state index contributed by atoms with van der Waals surface area (Å²) in [5, 5.41) is 12.0. The molecule has 98 valence electrons. The second-order valence-corrected chi connectivity index (χ2v) is 4.42. The molecule has 1 aliphatic rings. The molecule has 0 bridgehead atoms. The smallest absolute Gasteiger partial charge is 0.407 e. The molecule has 2 atom stereocenters. The molecule has 0 spiro atoms. The Morgan fingerprint density at radius 2 is 2.39 bits per heavy atom. The Balaban J connectivity index is 1.95. The Morgan fingerprint density at radius 1 is 1.61 bits per heavy atom. The average Bonchev–Trinajstić information content (AvgIpc) is 2.73. The monoisotopic (exact) mass is 251 g/mol. The minimum absolute atomic E-state index is 0.242. The van der Waals surface area contributed by atoms with Gasteiger partial charge in [0, 0.05) is 0 Å². The number of benzene rings is 1. The summed E-state index contributed by atoms with van der Waals surface area (Å²) >= 11 is 0. The van der Waals surface area contributed by atoms with Crippen molar-refractivity contribution in [2.45, 2.75) is 26.1 Å². The first-order valence-electron chi connectivity index (χ1n) is 5.92. The molecule has 2 N–H and O–H groups in total. The molecule has 1 aromatic rings. The zero-order valence-electron chi connectivity index (χ0n) is 10.5. The van der Waals surface area contributed by atoms with E-state index in [1.165, 1.54) is 0 Å². The van der Waals surface area contributed by atoms with Crippen LogP contribution in [0.25, 0.3) is 0 Å². The number of aliphatic hydroxyl groups excluding tert-OH is 1. The van der Waals surface area contributed by atoms with E-state index < -0.39 is 12.2 Å². The highest BCUT2D eigenvalue weighted by Gasteiger charge is 2.23. The number of hydrogen-bond donors (Lipinski definition) is 2. The van der Waals surface area contributed by atoms with Gasteiger partial charge in [0.1, 0.15) is 12.4 Å². The first kappa shape index (κ1) is 12.7. The number of hydrogen-bond acceptors (Lipinski definition) is 4. The van der Waals surface area contributed by atoms with E-state index in [1.807, 2.05) is 25.1 Å². The van der Waals surface area contributed by atoms with Gasteiger partial charge in [-0.1, -0.05) is 6.07 Å². The first-order valence-corrected chi connectivity index (χ1v) is 5.92. The molecule has 1 saturated heterocycles. The Kier molecular flexibility index (Phi) is 3.72. The number of alkyl carbamates (subject to hydrolysis) is 1. The van der Waals surface area contributed by atoms with Gasteiger partial charge in [-0.2, -0.15) is 0 Å². The lowest BCUT2D eigenvalue weighted by atomic mass is 10.1. The van der Waals surface area contributed by atoms with Crippen LogP contribution in [0.4, 0.5) is 4.79 Å². The molecule has 2 unspecified atom stereocenters. The third-order valence-corrected chi connectivity index (χ3v) is 2.85. The van der Waals surface area contributed by atoms with Gasteiger partial charge in [-0.05, 0) is 37.1 Å². The van der Waals surface area contributed by atoms with Crippen LogP contribution in [0.5, 0.6) is 5.75 Å². The van der Waals surface area contributed by atoms with Crippen LogP contribution < -0.4 is 10.1 Å². The van der Waals surface area contributed by atoms with Crippen molar-refractivity contribution >= 4 is 6.09 Å². The third kappa shape index (κ3) is 2.92. The van der Waals surface area contributed by atoms with Crippen molar-refractivity contribution in [2.24, 2.45) is 0 Å². The fraction of sp³-hybridized carbons (Fsp3) is 0.462. The van der Waals surface area contributed by atoms with Gasteiger partial charge in [-0.3, -0.25) is 0 Å². The van der Waals surface area contributed by atoms with Crippen molar-refractivity contribution in [3.05, 3.63) is 29.3 Å². The van der Waals surface area contributed by atoms with E-state index in [0.717, 1.165) is 16.9 Å². The van der Waals surface area contributed by atoms with Gasteiger partial charge in [0.25, 0.3) is 0 Å². The zero-order chi connectivity index (χ0) is 13.1. The molecule has 5 heteroatoms. The molecule has 0 saturated carbocycles. The van der Waals surface area contributed by atoms with Gasteiger partial charge >= 0.3 is 6.09 Å². The third-order valence-electron chi connectivity index (χ3n) is 2.85. The number of aliphatic hydroxyl groups is 1. The molecule has 1 amide bonds. The van der Waals surface area contributed by atoms with E-state index in [0.29, 0.717) is 13.2 Å². The van der Waals surface area contributed by atoms with Crippen LogP contribution >= 0.6 is 0 Å². The van der Waals surface area contributed by atoms with Crippen LogP contribution in [0.2, 0.25) is 0 Å². The van der Waals surface area contributed by atoms with Crippen molar-refractivity contribution in [1.82, 2.24) is 5.32 Å². The molecule has 1 fully saturated rings. The molecule has 0 aromatic heterocycles. The highest BCUT2D eigenvalue weighted by Crippen LogP contribution is 2.23. The number of carbonyl (C=O) groups excluding carboxylic acids is 1. The Bertz CT molecular complexity index is 445. The normalized spacial score (nSPS) is 20.2. The molecule has 1 aliphatic heterocycles. The molecule has 1 heterocycles. The van der Waals surface area contributed by atoms with Gasteiger partial charge in [-0.25, -0.2) is 4.79 Å². The zero-order valence-corrected chi connectivity index (χ0v) is 10.5. The molecular weight excluding hydrogens is 234 g/mol. The lowest BCUT2D eigenvalue weighted by Gasteiger charge is -2.14. The fourth-order valence-electron chi connectivity index (χ4n) is 1.80. The van der Waals surface area contributed by atoms with Gasteiger partial charge in [0.15, 0.2) is 6.10 Å². The van der Waals surface area contributed by atoms with Crippen LogP contribution in [0.15, 0.2) is 18.2 Å². The predicted octanol–water partition coefficient (Wildman–Crippen LogP) is 1.54. The maximum absolute atomic E-state index is 10.8. The van der Waals surface area contributed by atoms with Crippen LogP contribution in [-0.2, 0) is 4.74 Å². The molecule has 0 radical (unpaired) electrons. The number of cyclic esters (lactones) is 1. The summed E-state index contributed by atoms with van der Waals surface area (Å²) in [6, 6.07) is 5.53. The average molecular weight is 251 g/mol.